The second-order valence-electron chi connectivity index (χ2n) is 0.394. The van der Waals surface area contributed by atoms with Crippen LogP contribution in [0.3, 0.4) is 0 Å². The molecule has 0 N–H and O–H groups in total. The van der Waals surface area contributed by atoms with Crippen LogP contribution in [0.4, 0.5) is 0 Å². The van der Waals surface area contributed by atoms with E-state index in [0.717, 1.165) is 0 Å². The van der Waals surface area contributed by atoms with Gasteiger partial charge in [0.2, 0.25) is 0 Å². The molecule has 1 nitrogen and oxygen atoms in total. The molecule has 0 aromatic heterocycles. The van der Waals surface area contributed by atoms with Crippen molar-refractivity contribution in [1.29, 1.82) is 0 Å². The molecule has 0 aliphatic heterocycles. The summed E-state index contributed by atoms with van der Waals surface area (Å²) in [7, 11) is 1.59. The standard InChI is InChI=1S/C2H5ClOS/c1-4-5-2-3/h2H2,1H3. The van der Waals surface area contributed by atoms with Crippen LogP contribution in [-0.4, -0.2) is 12.3 Å². The van der Waals surface area contributed by atoms with Crippen LogP contribution in [-0.2, 0) is 4.18 Å². The fourth-order valence-electron chi connectivity index (χ4n) is 0.0445. The van der Waals surface area contributed by atoms with Crippen LogP contribution in [0.15, 0.2) is 0 Å². The van der Waals surface area contributed by atoms with Crippen LogP contribution < -0.4 is 0 Å². The highest BCUT2D eigenvalue weighted by atomic mass is 35.5. The zero-order valence-electron chi connectivity index (χ0n) is 2.90. The lowest BCUT2D eigenvalue weighted by molar-refractivity contribution is 0.492. The van der Waals surface area contributed by atoms with Crippen molar-refractivity contribution in [3.8, 4) is 0 Å². The molecule has 5 heavy (non-hydrogen) atoms. The van der Waals surface area contributed by atoms with E-state index in [2.05, 4.69) is 4.18 Å². The zero-order chi connectivity index (χ0) is 4.12. The normalized spacial score (nSPS) is 8.40. The van der Waals surface area contributed by atoms with Crippen molar-refractivity contribution in [3.63, 3.8) is 0 Å². The second-order valence-corrected chi connectivity index (χ2v) is 1.84. The van der Waals surface area contributed by atoms with Gasteiger partial charge in [-0.2, -0.15) is 0 Å². The molecule has 0 unspecified atom stereocenters. The molecule has 0 radical (unpaired) electrons. The zero-order valence-corrected chi connectivity index (χ0v) is 4.47. The first-order valence-electron chi connectivity index (χ1n) is 1.13. The first-order valence-corrected chi connectivity index (χ1v) is 2.58. The quantitative estimate of drug-likeness (QED) is 0.395. The molecule has 0 saturated carbocycles. The van der Waals surface area contributed by atoms with E-state index in [1.54, 1.807) is 7.11 Å². The lowest BCUT2D eigenvalue weighted by Crippen LogP contribution is -1.60. The van der Waals surface area contributed by atoms with E-state index in [0.29, 0.717) is 5.21 Å². The Morgan fingerprint density at radius 2 is 2.60 bits per heavy atom. The molecule has 0 aliphatic carbocycles. The van der Waals surface area contributed by atoms with E-state index in [9.17, 15) is 0 Å². The molecule has 0 fully saturated rings. The molecule has 0 aromatic rings. The highest BCUT2D eigenvalue weighted by molar-refractivity contribution is 7.95. The summed E-state index contributed by atoms with van der Waals surface area (Å²) in [5.74, 6) is 0. The third-order valence-corrected chi connectivity index (χ3v) is 0.754. The third-order valence-electron chi connectivity index (χ3n) is 0.162. The predicted octanol–water partition coefficient (Wildman–Crippen LogP) is 1.48. The van der Waals surface area contributed by atoms with Gasteiger partial charge < -0.3 is 4.18 Å². The molecule has 0 spiro atoms. The van der Waals surface area contributed by atoms with Gasteiger partial charge in [-0.15, -0.1) is 11.6 Å². The molecule has 0 saturated heterocycles. The van der Waals surface area contributed by atoms with Crippen LogP contribution in [0.5, 0.6) is 0 Å². The highest BCUT2D eigenvalue weighted by Gasteiger charge is 1.69. The molecule has 0 aromatic carbocycles. The number of rotatable bonds is 2. The maximum atomic E-state index is 5.14. The molecule has 0 aliphatic rings. The SMILES string of the molecule is COSCCl. The van der Waals surface area contributed by atoms with E-state index in [1.165, 1.54) is 12.0 Å². The third kappa shape index (κ3) is 4.60. The van der Waals surface area contributed by atoms with Crippen molar-refractivity contribution < 1.29 is 4.18 Å². The van der Waals surface area contributed by atoms with Crippen LogP contribution in [0.2, 0.25) is 0 Å². The average Bonchev–Trinajstić information content (AvgIpc) is 1.41. The lowest BCUT2D eigenvalue weighted by Gasteiger charge is -1.81. The second kappa shape index (κ2) is 4.60. The summed E-state index contributed by atoms with van der Waals surface area (Å²) in [5.41, 5.74) is 0. The van der Waals surface area contributed by atoms with Crippen molar-refractivity contribution in [3.05, 3.63) is 0 Å². The van der Waals surface area contributed by atoms with Crippen molar-refractivity contribution in [2.24, 2.45) is 0 Å². The summed E-state index contributed by atoms with van der Waals surface area (Å²) in [6, 6.07) is 0. The lowest BCUT2D eigenvalue weighted by atomic mass is 11.8. The van der Waals surface area contributed by atoms with Crippen molar-refractivity contribution in [1.82, 2.24) is 0 Å². The van der Waals surface area contributed by atoms with E-state index in [4.69, 9.17) is 11.6 Å². The van der Waals surface area contributed by atoms with Gasteiger partial charge in [0.15, 0.2) is 0 Å². The van der Waals surface area contributed by atoms with Crippen LogP contribution >= 0.6 is 23.6 Å². The van der Waals surface area contributed by atoms with Crippen molar-refractivity contribution >= 4 is 23.6 Å². The summed E-state index contributed by atoms with van der Waals surface area (Å²) in [5, 5.41) is 0.510. The topological polar surface area (TPSA) is 9.23 Å². The van der Waals surface area contributed by atoms with Crippen LogP contribution in [0.1, 0.15) is 0 Å². The van der Waals surface area contributed by atoms with Gasteiger partial charge in [0.05, 0.1) is 12.3 Å². The van der Waals surface area contributed by atoms with E-state index < -0.39 is 0 Å². The Bertz CT molecular complexity index is 17.1. The number of hydrogen-bond acceptors (Lipinski definition) is 2. The van der Waals surface area contributed by atoms with E-state index in [-0.39, 0.29) is 0 Å². The maximum Gasteiger partial charge on any atom is 0.0943 e. The molecular weight excluding hydrogens is 108 g/mol. The molecule has 0 atom stereocenters. The Labute approximate surface area is 40.9 Å². The molecule has 0 rings (SSSR count). The van der Waals surface area contributed by atoms with Gasteiger partial charge in [0.1, 0.15) is 0 Å². The number of halogens is 1. The largest absolute Gasteiger partial charge is 0.317 e. The summed E-state index contributed by atoms with van der Waals surface area (Å²) in [4.78, 5) is 0. The Balaban J connectivity index is 2.19. The fraction of sp³-hybridized carbons (Fsp3) is 1.00. The molecule has 0 heterocycles. The molecule has 3 heteroatoms. The van der Waals surface area contributed by atoms with Gasteiger partial charge >= 0.3 is 0 Å². The van der Waals surface area contributed by atoms with Gasteiger partial charge in [-0.05, 0) is 0 Å². The Morgan fingerprint density at radius 3 is 2.60 bits per heavy atom. The molecule has 0 bridgehead atoms. The van der Waals surface area contributed by atoms with Gasteiger partial charge in [0, 0.05) is 12.0 Å². The highest BCUT2D eigenvalue weighted by Crippen LogP contribution is 1.98. The summed E-state index contributed by atoms with van der Waals surface area (Å²) < 4.78 is 4.48. The average molecular weight is 113 g/mol. The monoisotopic (exact) mass is 112 g/mol. The maximum absolute atomic E-state index is 5.14. The number of hydrogen-bond donors (Lipinski definition) is 0. The Morgan fingerprint density at radius 1 is 2.00 bits per heavy atom. The number of alkyl halides is 1. The van der Waals surface area contributed by atoms with Crippen molar-refractivity contribution in [2.45, 2.75) is 0 Å². The summed E-state index contributed by atoms with van der Waals surface area (Å²) >= 11 is 6.37. The van der Waals surface area contributed by atoms with Crippen molar-refractivity contribution in [2.75, 3.05) is 12.3 Å². The first kappa shape index (κ1) is 5.60. The van der Waals surface area contributed by atoms with E-state index >= 15 is 0 Å². The van der Waals surface area contributed by atoms with Gasteiger partial charge in [-0.25, -0.2) is 0 Å². The molecule has 32 valence electrons. The van der Waals surface area contributed by atoms with Crippen LogP contribution in [0.25, 0.3) is 0 Å². The Hall–Kier alpha value is 0.600. The summed E-state index contributed by atoms with van der Waals surface area (Å²) in [6.07, 6.45) is 0. The minimum atomic E-state index is 0.510. The van der Waals surface area contributed by atoms with Gasteiger partial charge in [-0.1, -0.05) is 0 Å². The van der Waals surface area contributed by atoms with E-state index in [1.807, 2.05) is 0 Å². The van der Waals surface area contributed by atoms with Crippen LogP contribution in [0, 0.1) is 0 Å². The first-order chi connectivity index (χ1) is 2.41. The predicted molar refractivity (Wildman–Crippen MR) is 25.3 cm³/mol. The Kier molecular flexibility index (Phi) is 5.15. The minimum Gasteiger partial charge on any atom is -0.317 e. The summed E-state index contributed by atoms with van der Waals surface area (Å²) in [6.45, 7) is 0. The smallest absolute Gasteiger partial charge is 0.0943 e. The molecular formula is C2H5ClOS. The minimum absolute atomic E-state index is 0.510. The van der Waals surface area contributed by atoms with Gasteiger partial charge in [0.25, 0.3) is 0 Å². The molecule has 0 amide bonds. The fourth-order valence-corrected chi connectivity index (χ4v) is 0.401. The van der Waals surface area contributed by atoms with Gasteiger partial charge in [-0.3, -0.25) is 0 Å².